The van der Waals surface area contributed by atoms with Gasteiger partial charge < -0.3 is 35.4 Å². The summed E-state index contributed by atoms with van der Waals surface area (Å²) < 4.78 is 37.4. The molecule has 0 aromatic rings. The number of aliphatic hydroxyl groups is 5. The molecule has 0 aromatic carbocycles. The molecule has 0 radical (unpaired) electrons. The molecule has 7 N–H and O–H groups in total. The Balaban J connectivity index is 2.84. The van der Waals surface area contributed by atoms with E-state index in [1.54, 1.807) is 0 Å². The van der Waals surface area contributed by atoms with Crippen molar-refractivity contribution >= 4 is 16.4 Å². The van der Waals surface area contributed by atoms with Gasteiger partial charge in [-0.15, -0.1) is 0 Å². The standard InChI is InChI=1S/C9H16O12S/c10-3-1-9(16,8(14)15)21-7(5(3)12)6(13)4(11)2-20-22(17,18)19/h3-7,10-13,16H,1-2H2,(H,14,15)(H,17,18,19)/t3-,4+,5-,6?,7+,9-/m1/s1. The third kappa shape index (κ3) is 4.55. The fourth-order valence-electron chi connectivity index (χ4n) is 1.85. The number of carbonyl (C=O) groups is 1. The molecule has 0 spiro atoms. The molecule has 0 saturated carbocycles. The lowest BCUT2D eigenvalue weighted by Gasteiger charge is -2.42. The van der Waals surface area contributed by atoms with Crippen molar-refractivity contribution in [2.45, 2.75) is 42.7 Å². The summed E-state index contributed by atoms with van der Waals surface area (Å²) in [5, 5.41) is 56.8. The highest BCUT2D eigenvalue weighted by atomic mass is 32.3. The summed E-state index contributed by atoms with van der Waals surface area (Å²) in [7, 11) is -4.91. The topological polar surface area (TPSA) is 211 Å². The Hall–Kier alpha value is -0.900. The van der Waals surface area contributed by atoms with Crippen molar-refractivity contribution in [3.63, 3.8) is 0 Å². The molecule has 6 atom stereocenters. The quantitative estimate of drug-likeness (QED) is 0.228. The van der Waals surface area contributed by atoms with Gasteiger partial charge in [-0.3, -0.25) is 4.55 Å². The Bertz CT molecular complexity index is 505. The molecule has 1 aliphatic heterocycles. The summed E-state index contributed by atoms with van der Waals surface area (Å²) in [6, 6.07) is 0. The van der Waals surface area contributed by atoms with Crippen molar-refractivity contribution in [1.82, 2.24) is 0 Å². The fourth-order valence-corrected chi connectivity index (χ4v) is 2.16. The van der Waals surface area contributed by atoms with Crippen LogP contribution in [0.15, 0.2) is 0 Å². The van der Waals surface area contributed by atoms with Crippen LogP contribution in [-0.2, 0) is 24.1 Å². The minimum atomic E-state index is -4.91. The number of carboxylic acids is 1. The van der Waals surface area contributed by atoms with Crippen LogP contribution in [0.3, 0.4) is 0 Å². The molecule has 0 amide bonds. The van der Waals surface area contributed by atoms with E-state index in [0.717, 1.165) is 0 Å². The lowest BCUT2D eigenvalue weighted by molar-refractivity contribution is -0.312. The number of rotatable bonds is 6. The van der Waals surface area contributed by atoms with Gasteiger partial charge in [0.05, 0.1) is 12.7 Å². The van der Waals surface area contributed by atoms with E-state index in [2.05, 4.69) is 8.92 Å². The number of hydrogen-bond donors (Lipinski definition) is 7. The Morgan fingerprint density at radius 3 is 2.36 bits per heavy atom. The SMILES string of the molecule is O=C(O)[C@@]1(O)C[C@@H](O)[C@@H](O)[C@@H](C(O)[C@@H](O)COS(=O)(=O)O)O1. The Labute approximate surface area is 124 Å². The summed E-state index contributed by atoms with van der Waals surface area (Å²) in [4.78, 5) is 10.9. The predicted molar refractivity (Wildman–Crippen MR) is 63.6 cm³/mol. The van der Waals surface area contributed by atoms with Gasteiger partial charge in [-0.25, -0.2) is 8.98 Å². The van der Waals surface area contributed by atoms with Crippen LogP contribution < -0.4 is 0 Å². The van der Waals surface area contributed by atoms with Crippen molar-refractivity contribution in [3.05, 3.63) is 0 Å². The number of aliphatic carboxylic acids is 1. The summed E-state index contributed by atoms with van der Waals surface area (Å²) >= 11 is 0. The highest BCUT2D eigenvalue weighted by Crippen LogP contribution is 2.30. The van der Waals surface area contributed by atoms with Gasteiger partial charge in [0.2, 0.25) is 0 Å². The molecule has 1 unspecified atom stereocenters. The van der Waals surface area contributed by atoms with Crippen molar-refractivity contribution in [2.75, 3.05) is 6.61 Å². The van der Waals surface area contributed by atoms with Gasteiger partial charge in [0.15, 0.2) is 0 Å². The fraction of sp³-hybridized carbons (Fsp3) is 0.889. The predicted octanol–water partition coefficient (Wildman–Crippen LogP) is -4.19. The summed E-state index contributed by atoms with van der Waals surface area (Å²) in [6.07, 6.45) is -10.7. The van der Waals surface area contributed by atoms with Crippen LogP contribution in [0, 0.1) is 0 Å². The molecule has 1 saturated heterocycles. The third-order valence-corrected chi connectivity index (χ3v) is 3.43. The van der Waals surface area contributed by atoms with Gasteiger partial charge in [-0.2, -0.15) is 8.42 Å². The maximum Gasteiger partial charge on any atom is 0.397 e. The van der Waals surface area contributed by atoms with E-state index in [1.165, 1.54) is 0 Å². The summed E-state index contributed by atoms with van der Waals surface area (Å²) in [5.41, 5.74) is 0. The first-order valence-corrected chi connectivity index (χ1v) is 7.21. The first-order valence-electron chi connectivity index (χ1n) is 5.85. The van der Waals surface area contributed by atoms with E-state index in [-0.39, 0.29) is 0 Å². The number of hydrogen-bond acceptors (Lipinski definition) is 10. The smallest absolute Gasteiger partial charge is 0.397 e. The number of ether oxygens (including phenoxy) is 1. The van der Waals surface area contributed by atoms with Crippen LogP contribution in [0.4, 0.5) is 0 Å². The maximum atomic E-state index is 10.9. The number of carboxylic acid groups (broad SMARTS) is 1. The average molecular weight is 348 g/mol. The van der Waals surface area contributed by atoms with E-state index < -0.39 is 65.7 Å². The van der Waals surface area contributed by atoms with E-state index >= 15 is 0 Å². The van der Waals surface area contributed by atoms with Gasteiger partial charge in [0, 0.05) is 6.42 Å². The monoisotopic (exact) mass is 348 g/mol. The Morgan fingerprint density at radius 2 is 1.91 bits per heavy atom. The molecule has 0 aliphatic carbocycles. The molecule has 1 fully saturated rings. The zero-order valence-corrected chi connectivity index (χ0v) is 11.7. The van der Waals surface area contributed by atoms with Crippen molar-refractivity contribution in [3.8, 4) is 0 Å². The molecule has 22 heavy (non-hydrogen) atoms. The molecule has 0 bridgehead atoms. The zero-order valence-electron chi connectivity index (χ0n) is 10.9. The van der Waals surface area contributed by atoms with Gasteiger partial charge in [0.25, 0.3) is 5.79 Å². The first-order chi connectivity index (χ1) is 9.87. The largest absolute Gasteiger partial charge is 0.477 e. The molecule has 1 rings (SSSR count). The molecule has 12 nitrogen and oxygen atoms in total. The third-order valence-electron chi connectivity index (χ3n) is 3.00. The van der Waals surface area contributed by atoms with Crippen LogP contribution in [-0.4, -0.2) is 92.5 Å². The normalized spacial score (nSPS) is 35.8. The lowest BCUT2D eigenvalue weighted by atomic mass is 9.91. The molecular formula is C9H16O12S. The van der Waals surface area contributed by atoms with E-state index in [0.29, 0.717) is 0 Å². The second-order valence-corrected chi connectivity index (χ2v) is 5.80. The molecule has 0 aromatic heterocycles. The van der Waals surface area contributed by atoms with Crippen molar-refractivity contribution < 1.29 is 57.3 Å². The molecule has 1 heterocycles. The molecule has 1 aliphatic rings. The van der Waals surface area contributed by atoms with Gasteiger partial charge in [0.1, 0.15) is 24.4 Å². The summed E-state index contributed by atoms with van der Waals surface area (Å²) in [6.45, 7) is -1.14. The molecular weight excluding hydrogens is 332 g/mol. The summed E-state index contributed by atoms with van der Waals surface area (Å²) in [5.74, 6) is -4.83. The minimum absolute atomic E-state index is 0.898. The van der Waals surface area contributed by atoms with Gasteiger partial charge in [-0.05, 0) is 0 Å². The van der Waals surface area contributed by atoms with E-state index in [4.69, 9.17) is 9.66 Å². The second kappa shape index (κ2) is 6.69. The Morgan fingerprint density at radius 1 is 1.36 bits per heavy atom. The van der Waals surface area contributed by atoms with Gasteiger partial charge >= 0.3 is 16.4 Å². The highest BCUT2D eigenvalue weighted by molar-refractivity contribution is 7.80. The van der Waals surface area contributed by atoms with Crippen molar-refractivity contribution in [2.24, 2.45) is 0 Å². The van der Waals surface area contributed by atoms with Crippen LogP contribution in [0.5, 0.6) is 0 Å². The molecule has 13 heteroatoms. The maximum absolute atomic E-state index is 10.9. The van der Waals surface area contributed by atoms with Crippen molar-refractivity contribution in [1.29, 1.82) is 0 Å². The minimum Gasteiger partial charge on any atom is -0.477 e. The van der Waals surface area contributed by atoms with Crippen LogP contribution in [0.25, 0.3) is 0 Å². The van der Waals surface area contributed by atoms with E-state index in [1.807, 2.05) is 0 Å². The van der Waals surface area contributed by atoms with Crippen LogP contribution in [0.2, 0.25) is 0 Å². The second-order valence-electron chi connectivity index (χ2n) is 4.70. The molecule has 130 valence electrons. The van der Waals surface area contributed by atoms with Gasteiger partial charge in [-0.1, -0.05) is 0 Å². The van der Waals surface area contributed by atoms with Crippen LogP contribution >= 0.6 is 0 Å². The number of aliphatic hydroxyl groups excluding tert-OH is 4. The average Bonchev–Trinajstić information content (AvgIpc) is 2.38. The lowest BCUT2D eigenvalue weighted by Crippen LogP contribution is -2.63. The Kier molecular flexibility index (Phi) is 5.82. The highest BCUT2D eigenvalue weighted by Gasteiger charge is 2.53. The van der Waals surface area contributed by atoms with Crippen LogP contribution in [0.1, 0.15) is 6.42 Å². The zero-order chi connectivity index (χ0) is 17.3. The first kappa shape index (κ1) is 19.1. The van der Waals surface area contributed by atoms with E-state index in [9.17, 15) is 38.7 Å².